The Morgan fingerprint density at radius 3 is 2.21 bits per heavy atom. The molecular weight excluding hydrogens is 452 g/mol. The average Bonchev–Trinajstić information content (AvgIpc) is 2.64. The van der Waals surface area contributed by atoms with Gasteiger partial charge in [-0.25, -0.2) is 12.8 Å². The summed E-state index contributed by atoms with van der Waals surface area (Å²) in [5.74, 6) is -1.89. The minimum absolute atomic E-state index is 0.0131. The van der Waals surface area contributed by atoms with E-state index >= 15 is 0 Å². The Bertz CT molecular complexity index is 985. The third kappa shape index (κ3) is 4.44. The van der Waals surface area contributed by atoms with E-state index in [1.165, 1.54) is 30.3 Å². The summed E-state index contributed by atoms with van der Waals surface area (Å²) < 4.78 is 45.6. The number of sulfonamides is 1. The summed E-state index contributed by atoms with van der Waals surface area (Å²) in [5, 5.41) is 0.511. The molecule has 1 fully saturated rings. The van der Waals surface area contributed by atoms with Gasteiger partial charge in [0.15, 0.2) is 5.75 Å². The highest BCUT2D eigenvalue weighted by molar-refractivity contribution is 7.89. The molecule has 0 saturated carbocycles. The monoisotopic (exact) mass is 465 g/mol. The number of carbonyl (C=O) groups is 1. The van der Waals surface area contributed by atoms with E-state index in [2.05, 4.69) is 0 Å². The van der Waals surface area contributed by atoms with E-state index in [1.54, 1.807) is 0 Å². The zero-order valence-corrected chi connectivity index (χ0v) is 17.5. The van der Waals surface area contributed by atoms with Crippen molar-refractivity contribution in [1.82, 2.24) is 4.31 Å². The normalized spacial score (nSPS) is 16.1. The van der Waals surface area contributed by atoms with Crippen molar-refractivity contribution in [1.29, 1.82) is 0 Å². The molecule has 10 heteroatoms. The molecule has 0 atom stereocenters. The Labute approximate surface area is 177 Å². The number of hydrogen-bond donors (Lipinski definition) is 0. The number of carbonyl (C=O) groups excluding carboxylic acids is 1. The lowest BCUT2D eigenvalue weighted by Crippen LogP contribution is -2.41. The fourth-order valence-corrected chi connectivity index (χ4v) is 5.36. The Balaban J connectivity index is 1.67. The molecule has 1 saturated heterocycles. The van der Waals surface area contributed by atoms with Gasteiger partial charge in [-0.3, -0.25) is 4.79 Å². The minimum atomic E-state index is -3.97. The maximum Gasteiger partial charge on any atom is 0.314 e. The highest BCUT2D eigenvalue weighted by Crippen LogP contribution is 2.37. The van der Waals surface area contributed by atoms with E-state index in [-0.39, 0.29) is 46.6 Å². The van der Waals surface area contributed by atoms with Crippen LogP contribution in [0.3, 0.4) is 0 Å². The van der Waals surface area contributed by atoms with E-state index in [0.29, 0.717) is 5.02 Å². The summed E-state index contributed by atoms with van der Waals surface area (Å²) in [6.45, 7) is 0.136. The first kappa shape index (κ1) is 21.3. The van der Waals surface area contributed by atoms with Gasteiger partial charge in [0.05, 0.1) is 16.0 Å². The number of piperidine rings is 1. The topological polar surface area (TPSA) is 63.7 Å². The molecule has 150 valence electrons. The summed E-state index contributed by atoms with van der Waals surface area (Å²) in [6.07, 6.45) is 0.463. The van der Waals surface area contributed by atoms with Crippen molar-refractivity contribution in [3.8, 4) is 5.75 Å². The molecule has 2 aromatic carbocycles. The first-order valence-electron chi connectivity index (χ1n) is 8.31. The Hall–Kier alpha value is -1.38. The second-order valence-electron chi connectivity index (χ2n) is 6.23. The third-order valence-corrected chi connectivity index (χ3v) is 7.12. The molecule has 2 aromatic rings. The highest BCUT2D eigenvalue weighted by atomic mass is 35.5. The van der Waals surface area contributed by atoms with Gasteiger partial charge in [-0.15, -0.1) is 0 Å². The smallest absolute Gasteiger partial charge is 0.314 e. The van der Waals surface area contributed by atoms with Crippen molar-refractivity contribution < 1.29 is 22.3 Å². The van der Waals surface area contributed by atoms with Crippen LogP contribution >= 0.6 is 34.8 Å². The molecule has 0 aliphatic carbocycles. The minimum Gasteiger partial charge on any atom is -0.423 e. The van der Waals surface area contributed by atoms with Crippen LogP contribution in [0.15, 0.2) is 41.3 Å². The number of benzene rings is 2. The first-order chi connectivity index (χ1) is 13.2. The molecule has 28 heavy (non-hydrogen) atoms. The Morgan fingerprint density at radius 1 is 1.07 bits per heavy atom. The summed E-state index contributed by atoms with van der Waals surface area (Å²) in [6, 6.07) is 8.00. The highest BCUT2D eigenvalue weighted by Gasteiger charge is 2.34. The van der Waals surface area contributed by atoms with Crippen molar-refractivity contribution >= 4 is 50.8 Å². The van der Waals surface area contributed by atoms with Gasteiger partial charge in [0.25, 0.3) is 0 Å². The summed E-state index contributed by atoms with van der Waals surface area (Å²) in [4.78, 5) is 12.1. The average molecular weight is 467 g/mol. The summed E-state index contributed by atoms with van der Waals surface area (Å²) >= 11 is 17.9. The molecule has 1 aliphatic rings. The van der Waals surface area contributed by atoms with E-state index in [4.69, 9.17) is 39.5 Å². The fourth-order valence-electron chi connectivity index (χ4n) is 2.94. The van der Waals surface area contributed by atoms with Crippen LogP contribution in [0.25, 0.3) is 0 Å². The van der Waals surface area contributed by atoms with E-state index in [0.717, 1.165) is 10.4 Å². The summed E-state index contributed by atoms with van der Waals surface area (Å²) in [7, 11) is -3.97. The molecular formula is C18H15Cl3FNO4S. The van der Waals surface area contributed by atoms with Crippen LogP contribution in [-0.2, 0) is 14.8 Å². The number of nitrogens with zero attached hydrogens (tertiary/aromatic N) is 1. The van der Waals surface area contributed by atoms with E-state index < -0.39 is 27.7 Å². The van der Waals surface area contributed by atoms with Crippen LogP contribution in [0.4, 0.5) is 4.39 Å². The molecule has 3 rings (SSSR count). The molecule has 1 heterocycles. The molecule has 0 aromatic heterocycles. The zero-order valence-electron chi connectivity index (χ0n) is 14.4. The van der Waals surface area contributed by atoms with Crippen LogP contribution in [0.1, 0.15) is 12.8 Å². The maximum absolute atomic E-state index is 13.9. The van der Waals surface area contributed by atoms with Gasteiger partial charge >= 0.3 is 5.97 Å². The van der Waals surface area contributed by atoms with Crippen molar-refractivity contribution in [2.45, 2.75) is 17.7 Å². The molecule has 0 amide bonds. The number of ether oxygens (including phenoxy) is 1. The zero-order chi connectivity index (χ0) is 20.5. The standard InChI is InChI=1S/C18H15Cl3FNO4S/c19-12-9-13(20)17(14(21)10-12)27-18(24)11-5-7-23(8-6-11)28(25,26)16-4-2-1-3-15(16)22/h1-4,9-11H,5-8H2. The van der Waals surface area contributed by atoms with Gasteiger partial charge in [0.2, 0.25) is 10.0 Å². The molecule has 0 N–H and O–H groups in total. The number of rotatable bonds is 4. The lowest BCUT2D eigenvalue weighted by atomic mass is 9.98. The van der Waals surface area contributed by atoms with Gasteiger partial charge in [-0.05, 0) is 37.1 Å². The van der Waals surface area contributed by atoms with E-state index in [1.807, 2.05) is 0 Å². The van der Waals surface area contributed by atoms with Crippen LogP contribution in [0, 0.1) is 11.7 Å². The molecule has 0 bridgehead atoms. The molecule has 0 spiro atoms. The van der Waals surface area contributed by atoms with Crippen molar-refractivity contribution in [3.05, 3.63) is 57.3 Å². The fraction of sp³-hybridized carbons (Fsp3) is 0.278. The third-order valence-electron chi connectivity index (χ3n) is 4.41. The van der Waals surface area contributed by atoms with Gasteiger partial charge in [-0.2, -0.15) is 4.31 Å². The first-order valence-corrected chi connectivity index (χ1v) is 10.9. The largest absolute Gasteiger partial charge is 0.423 e. The quantitative estimate of drug-likeness (QED) is 0.480. The van der Waals surface area contributed by atoms with Crippen molar-refractivity contribution in [3.63, 3.8) is 0 Å². The predicted octanol–water partition coefficient (Wildman–Crippen LogP) is 4.79. The maximum atomic E-state index is 13.9. The van der Waals surface area contributed by atoms with Gasteiger partial charge < -0.3 is 4.74 Å². The second kappa shape index (κ2) is 8.55. The van der Waals surface area contributed by atoms with Crippen LogP contribution in [0.2, 0.25) is 15.1 Å². The molecule has 5 nitrogen and oxygen atoms in total. The van der Waals surface area contributed by atoms with Gasteiger partial charge in [-0.1, -0.05) is 46.9 Å². The number of halogens is 4. The molecule has 1 aliphatic heterocycles. The van der Waals surface area contributed by atoms with Crippen LogP contribution in [0.5, 0.6) is 5.75 Å². The Kier molecular flexibility index (Phi) is 6.51. The lowest BCUT2D eigenvalue weighted by Gasteiger charge is -2.30. The lowest BCUT2D eigenvalue weighted by molar-refractivity contribution is -0.140. The molecule has 0 radical (unpaired) electrons. The molecule has 0 unspecified atom stereocenters. The predicted molar refractivity (Wildman–Crippen MR) is 105 cm³/mol. The number of esters is 1. The van der Waals surface area contributed by atoms with Gasteiger partial charge in [0.1, 0.15) is 10.7 Å². The van der Waals surface area contributed by atoms with Crippen LogP contribution < -0.4 is 4.74 Å². The summed E-state index contributed by atoms with van der Waals surface area (Å²) in [5.41, 5.74) is 0. The van der Waals surface area contributed by atoms with Crippen molar-refractivity contribution in [2.75, 3.05) is 13.1 Å². The number of hydrogen-bond acceptors (Lipinski definition) is 4. The van der Waals surface area contributed by atoms with E-state index in [9.17, 15) is 17.6 Å². The second-order valence-corrected chi connectivity index (χ2v) is 9.39. The van der Waals surface area contributed by atoms with Gasteiger partial charge in [0, 0.05) is 18.1 Å². The Morgan fingerprint density at radius 2 is 1.64 bits per heavy atom. The SMILES string of the molecule is O=C(Oc1c(Cl)cc(Cl)cc1Cl)C1CCN(S(=O)(=O)c2ccccc2F)CC1. The van der Waals surface area contributed by atoms with Crippen LogP contribution in [-0.4, -0.2) is 31.8 Å². The van der Waals surface area contributed by atoms with Crippen molar-refractivity contribution in [2.24, 2.45) is 5.92 Å².